The highest BCUT2D eigenvalue weighted by atomic mass is 32.1. The standard InChI is InChI=1S/C16H14F3N3O3S/c1-2-6-20-15-22-12(9-26-15)14(24)25-8-13(23)21-11-5-3-4-10(7-11)16(17,18)19/h2-5,7,9H,1,6,8H2,(H,20,22)(H,21,23). The quantitative estimate of drug-likeness (QED) is 0.563. The molecule has 6 nitrogen and oxygen atoms in total. The molecule has 1 aromatic carbocycles. The summed E-state index contributed by atoms with van der Waals surface area (Å²) < 4.78 is 42.7. The van der Waals surface area contributed by atoms with Gasteiger partial charge in [0.15, 0.2) is 17.4 Å². The zero-order valence-corrected chi connectivity index (χ0v) is 14.1. The molecule has 0 spiro atoms. The predicted molar refractivity (Wildman–Crippen MR) is 91.2 cm³/mol. The van der Waals surface area contributed by atoms with Crippen LogP contribution in [0.25, 0.3) is 0 Å². The van der Waals surface area contributed by atoms with Crippen molar-refractivity contribution >= 4 is 34.0 Å². The Morgan fingerprint density at radius 1 is 1.35 bits per heavy atom. The molecule has 0 bridgehead atoms. The van der Waals surface area contributed by atoms with Crippen LogP contribution in [0.2, 0.25) is 0 Å². The number of amides is 1. The molecular weight excluding hydrogens is 371 g/mol. The van der Waals surface area contributed by atoms with E-state index in [1.165, 1.54) is 22.8 Å². The fourth-order valence-corrected chi connectivity index (χ4v) is 2.47. The fraction of sp³-hybridized carbons (Fsp3) is 0.188. The summed E-state index contributed by atoms with van der Waals surface area (Å²) >= 11 is 1.18. The molecule has 2 N–H and O–H groups in total. The zero-order valence-electron chi connectivity index (χ0n) is 13.3. The molecule has 0 atom stereocenters. The molecule has 0 saturated carbocycles. The predicted octanol–water partition coefficient (Wildman–Crippen LogP) is 3.56. The maximum absolute atomic E-state index is 12.6. The first-order chi connectivity index (χ1) is 12.3. The third-order valence-electron chi connectivity index (χ3n) is 2.92. The number of nitrogens with zero attached hydrogens (tertiary/aromatic N) is 1. The van der Waals surface area contributed by atoms with Gasteiger partial charge in [-0.15, -0.1) is 17.9 Å². The van der Waals surface area contributed by atoms with Gasteiger partial charge in [-0.1, -0.05) is 12.1 Å². The first-order valence-electron chi connectivity index (χ1n) is 7.24. The Bertz CT molecular complexity index is 805. The molecule has 2 rings (SSSR count). The van der Waals surface area contributed by atoms with Crippen LogP contribution in [0.3, 0.4) is 0 Å². The van der Waals surface area contributed by atoms with E-state index in [0.29, 0.717) is 11.7 Å². The van der Waals surface area contributed by atoms with E-state index in [0.717, 1.165) is 18.2 Å². The number of benzene rings is 1. The fourth-order valence-electron chi connectivity index (χ4n) is 1.78. The van der Waals surface area contributed by atoms with Crippen molar-refractivity contribution in [3.05, 3.63) is 53.6 Å². The Hall–Kier alpha value is -2.88. The van der Waals surface area contributed by atoms with Gasteiger partial charge in [0.2, 0.25) is 0 Å². The van der Waals surface area contributed by atoms with E-state index in [2.05, 4.69) is 22.2 Å². The molecule has 1 aromatic heterocycles. The first kappa shape index (κ1) is 19.4. The van der Waals surface area contributed by atoms with Gasteiger partial charge in [-0.2, -0.15) is 13.2 Å². The van der Waals surface area contributed by atoms with Gasteiger partial charge in [0.25, 0.3) is 5.91 Å². The monoisotopic (exact) mass is 385 g/mol. The summed E-state index contributed by atoms with van der Waals surface area (Å²) in [6.07, 6.45) is -2.90. The highest BCUT2D eigenvalue weighted by molar-refractivity contribution is 7.13. The van der Waals surface area contributed by atoms with Crippen LogP contribution in [-0.4, -0.2) is 30.0 Å². The van der Waals surface area contributed by atoms with E-state index in [-0.39, 0.29) is 11.4 Å². The van der Waals surface area contributed by atoms with Crippen molar-refractivity contribution in [2.45, 2.75) is 6.18 Å². The molecule has 0 aliphatic rings. The summed E-state index contributed by atoms with van der Waals surface area (Å²) in [5, 5.41) is 7.08. The second-order valence-corrected chi connectivity index (χ2v) is 5.77. The number of carbonyl (C=O) groups excluding carboxylic acids is 2. The van der Waals surface area contributed by atoms with Crippen LogP contribution in [-0.2, 0) is 15.7 Å². The van der Waals surface area contributed by atoms with Crippen molar-refractivity contribution in [2.75, 3.05) is 23.8 Å². The number of ether oxygens (including phenoxy) is 1. The zero-order chi connectivity index (χ0) is 19.2. The molecule has 26 heavy (non-hydrogen) atoms. The largest absolute Gasteiger partial charge is 0.451 e. The SMILES string of the molecule is C=CCNc1nc(C(=O)OCC(=O)Nc2cccc(C(F)(F)F)c2)cs1. The Balaban J connectivity index is 1.87. The van der Waals surface area contributed by atoms with Gasteiger partial charge in [-0.3, -0.25) is 4.79 Å². The second-order valence-electron chi connectivity index (χ2n) is 4.91. The summed E-state index contributed by atoms with van der Waals surface area (Å²) in [6, 6.07) is 4.14. The summed E-state index contributed by atoms with van der Waals surface area (Å²) in [6.45, 7) is 3.36. The number of thiazole rings is 1. The first-order valence-corrected chi connectivity index (χ1v) is 8.12. The molecule has 10 heteroatoms. The number of aromatic nitrogens is 1. The van der Waals surface area contributed by atoms with Gasteiger partial charge in [0, 0.05) is 17.6 Å². The maximum atomic E-state index is 12.6. The van der Waals surface area contributed by atoms with Crippen LogP contribution in [0.1, 0.15) is 16.1 Å². The Morgan fingerprint density at radius 2 is 2.12 bits per heavy atom. The van der Waals surface area contributed by atoms with Crippen LogP contribution < -0.4 is 10.6 Å². The highest BCUT2D eigenvalue weighted by Gasteiger charge is 2.30. The molecule has 0 fully saturated rings. The highest BCUT2D eigenvalue weighted by Crippen LogP contribution is 2.30. The molecule has 0 aliphatic heterocycles. The van der Waals surface area contributed by atoms with Gasteiger partial charge in [0.05, 0.1) is 5.56 Å². The summed E-state index contributed by atoms with van der Waals surface area (Å²) in [5.74, 6) is -1.58. The molecule has 0 aliphatic carbocycles. The Labute approximate surface area is 150 Å². The lowest BCUT2D eigenvalue weighted by Gasteiger charge is -2.10. The number of carbonyl (C=O) groups is 2. The van der Waals surface area contributed by atoms with Crippen LogP contribution in [0.15, 0.2) is 42.3 Å². The van der Waals surface area contributed by atoms with Crippen LogP contribution in [0.4, 0.5) is 24.0 Å². The maximum Gasteiger partial charge on any atom is 0.416 e. The number of hydrogen-bond acceptors (Lipinski definition) is 6. The number of hydrogen-bond donors (Lipinski definition) is 2. The minimum atomic E-state index is -4.52. The average Bonchev–Trinajstić information content (AvgIpc) is 3.06. The second kappa shape index (κ2) is 8.48. The van der Waals surface area contributed by atoms with Gasteiger partial charge >= 0.3 is 12.1 Å². The van der Waals surface area contributed by atoms with Gasteiger partial charge in [-0.05, 0) is 18.2 Å². The molecule has 1 amide bonds. The van der Waals surface area contributed by atoms with E-state index in [1.807, 2.05) is 0 Å². The minimum Gasteiger partial charge on any atom is -0.451 e. The van der Waals surface area contributed by atoms with E-state index in [1.54, 1.807) is 6.08 Å². The van der Waals surface area contributed by atoms with E-state index >= 15 is 0 Å². The summed E-state index contributed by atoms with van der Waals surface area (Å²) in [5.41, 5.74) is -0.923. The minimum absolute atomic E-state index is 0.0217. The van der Waals surface area contributed by atoms with Crippen LogP contribution in [0.5, 0.6) is 0 Å². The lowest BCUT2D eigenvalue weighted by Crippen LogP contribution is -2.21. The van der Waals surface area contributed by atoms with Crippen molar-refractivity contribution in [2.24, 2.45) is 0 Å². The van der Waals surface area contributed by atoms with Gasteiger partial charge in [-0.25, -0.2) is 9.78 Å². The summed E-state index contributed by atoms with van der Waals surface area (Å²) in [4.78, 5) is 27.5. The van der Waals surface area contributed by atoms with Gasteiger partial charge < -0.3 is 15.4 Å². The van der Waals surface area contributed by atoms with Crippen LogP contribution >= 0.6 is 11.3 Å². The van der Waals surface area contributed by atoms with E-state index < -0.39 is 30.2 Å². The van der Waals surface area contributed by atoms with E-state index in [9.17, 15) is 22.8 Å². The van der Waals surface area contributed by atoms with Crippen LogP contribution in [0, 0.1) is 0 Å². The number of esters is 1. The Kier molecular flexibility index (Phi) is 6.34. The topological polar surface area (TPSA) is 80.3 Å². The lowest BCUT2D eigenvalue weighted by atomic mass is 10.2. The lowest BCUT2D eigenvalue weighted by molar-refractivity contribution is -0.137. The Morgan fingerprint density at radius 3 is 2.81 bits per heavy atom. The molecule has 2 aromatic rings. The number of anilines is 2. The van der Waals surface area contributed by atoms with Crippen molar-refractivity contribution in [1.82, 2.24) is 4.98 Å². The number of rotatable bonds is 7. The molecule has 0 radical (unpaired) electrons. The van der Waals surface area contributed by atoms with Gasteiger partial charge in [0.1, 0.15) is 0 Å². The average molecular weight is 385 g/mol. The smallest absolute Gasteiger partial charge is 0.416 e. The third kappa shape index (κ3) is 5.59. The number of nitrogens with one attached hydrogen (secondary N) is 2. The number of alkyl halides is 3. The summed E-state index contributed by atoms with van der Waals surface area (Å²) in [7, 11) is 0. The van der Waals surface area contributed by atoms with E-state index in [4.69, 9.17) is 4.74 Å². The van der Waals surface area contributed by atoms with Crippen molar-refractivity contribution in [3.63, 3.8) is 0 Å². The molecule has 1 heterocycles. The molecule has 138 valence electrons. The molecule has 0 unspecified atom stereocenters. The van der Waals surface area contributed by atoms with Crippen molar-refractivity contribution in [1.29, 1.82) is 0 Å². The van der Waals surface area contributed by atoms with Crippen molar-refractivity contribution in [3.8, 4) is 0 Å². The third-order valence-corrected chi connectivity index (χ3v) is 3.72. The van der Waals surface area contributed by atoms with Crippen molar-refractivity contribution < 1.29 is 27.5 Å². The number of halogens is 3. The molecular formula is C16H14F3N3O3S. The normalized spacial score (nSPS) is 10.9. The molecule has 0 saturated heterocycles.